The van der Waals surface area contributed by atoms with Gasteiger partial charge in [-0.15, -0.1) is 0 Å². The lowest BCUT2D eigenvalue weighted by Crippen LogP contribution is -2.22. The van der Waals surface area contributed by atoms with Gasteiger partial charge in [-0.05, 0) is 29.3 Å². The van der Waals surface area contributed by atoms with Gasteiger partial charge in [0.1, 0.15) is 5.82 Å². The van der Waals surface area contributed by atoms with Crippen molar-refractivity contribution >= 4 is 23.0 Å². The lowest BCUT2D eigenvalue weighted by molar-refractivity contribution is -0.116. The zero-order valence-corrected chi connectivity index (χ0v) is 15.5. The topological polar surface area (TPSA) is 46.9 Å². The lowest BCUT2D eigenvalue weighted by atomic mass is 10.2. The Labute approximate surface area is 164 Å². The number of nitrogens with one attached hydrogen (secondary N) is 1. The van der Waals surface area contributed by atoms with Crippen molar-refractivity contribution in [3.63, 3.8) is 0 Å². The standard InChI is InChI=1S/C24H21N3O/c28-24(16-15-19-9-3-1-4-10-19)25-17-23-26-21-13-7-8-14-22(21)27(23)18-20-11-5-2-6-12-20/h1-16H,17-18H2,(H,25,28)/b16-15+. The highest BCUT2D eigenvalue weighted by Gasteiger charge is 2.11. The molecule has 0 aliphatic carbocycles. The van der Waals surface area contributed by atoms with Gasteiger partial charge in [-0.3, -0.25) is 4.79 Å². The molecule has 4 aromatic rings. The highest BCUT2D eigenvalue weighted by molar-refractivity contribution is 5.91. The average Bonchev–Trinajstić information content (AvgIpc) is 3.10. The zero-order valence-electron chi connectivity index (χ0n) is 15.5. The molecule has 0 atom stereocenters. The van der Waals surface area contributed by atoms with Crippen LogP contribution >= 0.6 is 0 Å². The lowest BCUT2D eigenvalue weighted by Gasteiger charge is -2.10. The van der Waals surface area contributed by atoms with E-state index in [2.05, 4.69) is 28.1 Å². The van der Waals surface area contributed by atoms with Crippen LogP contribution in [0.1, 0.15) is 17.0 Å². The molecule has 28 heavy (non-hydrogen) atoms. The van der Waals surface area contributed by atoms with Crippen molar-refractivity contribution in [2.45, 2.75) is 13.1 Å². The summed E-state index contributed by atoms with van der Waals surface area (Å²) in [5, 5.41) is 2.95. The molecule has 0 saturated carbocycles. The fourth-order valence-electron chi connectivity index (χ4n) is 3.16. The number of fused-ring (bicyclic) bond motifs is 1. The van der Waals surface area contributed by atoms with Gasteiger partial charge in [-0.2, -0.15) is 0 Å². The molecule has 0 fully saturated rings. The van der Waals surface area contributed by atoms with Gasteiger partial charge in [0.05, 0.1) is 17.6 Å². The monoisotopic (exact) mass is 367 g/mol. The van der Waals surface area contributed by atoms with E-state index in [9.17, 15) is 4.79 Å². The zero-order chi connectivity index (χ0) is 19.2. The third kappa shape index (κ3) is 4.18. The maximum Gasteiger partial charge on any atom is 0.244 e. The molecule has 0 saturated heterocycles. The van der Waals surface area contributed by atoms with Crippen LogP contribution in [-0.4, -0.2) is 15.5 Å². The van der Waals surface area contributed by atoms with E-state index in [1.54, 1.807) is 6.08 Å². The fourth-order valence-corrected chi connectivity index (χ4v) is 3.16. The van der Waals surface area contributed by atoms with E-state index in [0.717, 1.165) is 22.4 Å². The summed E-state index contributed by atoms with van der Waals surface area (Å²) < 4.78 is 2.16. The summed E-state index contributed by atoms with van der Waals surface area (Å²) in [7, 11) is 0. The molecule has 0 aliphatic heterocycles. The Kier molecular flexibility index (Phi) is 5.29. The molecule has 1 N–H and O–H groups in total. The molecule has 1 aromatic heterocycles. The van der Waals surface area contributed by atoms with E-state index in [1.807, 2.05) is 72.8 Å². The molecule has 1 amide bonds. The maximum absolute atomic E-state index is 12.2. The molecule has 4 nitrogen and oxygen atoms in total. The molecule has 0 unspecified atom stereocenters. The summed E-state index contributed by atoms with van der Waals surface area (Å²) in [6.07, 6.45) is 3.36. The van der Waals surface area contributed by atoms with Crippen molar-refractivity contribution in [2.75, 3.05) is 0 Å². The van der Waals surface area contributed by atoms with Gasteiger partial charge in [0.25, 0.3) is 0 Å². The van der Waals surface area contributed by atoms with Gasteiger partial charge >= 0.3 is 0 Å². The maximum atomic E-state index is 12.2. The van der Waals surface area contributed by atoms with E-state index in [-0.39, 0.29) is 5.91 Å². The van der Waals surface area contributed by atoms with Crippen LogP contribution in [0, 0.1) is 0 Å². The van der Waals surface area contributed by atoms with Crippen LogP contribution in [-0.2, 0) is 17.9 Å². The Morgan fingerprint density at radius 1 is 0.893 bits per heavy atom. The number of carbonyl (C=O) groups excluding carboxylic acids is 1. The van der Waals surface area contributed by atoms with E-state index in [1.165, 1.54) is 5.56 Å². The van der Waals surface area contributed by atoms with Crippen LogP contribution in [0.3, 0.4) is 0 Å². The predicted molar refractivity (Wildman–Crippen MR) is 113 cm³/mol. The second kappa shape index (κ2) is 8.35. The second-order valence-electron chi connectivity index (χ2n) is 6.55. The third-order valence-corrected chi connectivity index (χ3v) is 4.56. The summed E-state index contributed by atoms with van der Waals surface area (Å²) in [5.41, 5.74) is 4.19. The first-order valence-corrected chi connectivity index (χ1v) is 9.28. The SMILES string of the molecule is O=C(/C=C/c1ccccc1)NCc1nc2ccccc2n1Cc1ccccc1. The molecule has 138 valence electrons. The number of aromatic nitrogens is 2. The molecule has 1 heterocycles. The molecule has 0 spiro atoms. The van der Waals surface area contributed by atoms with Crippen molar-refractivity contribution in [1.82, 2.24) is 14.9 Å². The summed E-state index contributed by atoms with van der Waals surface area (Å²) in [5.74, 6) is 0.702. The van der Waals surface area contributed by atoms with Crippen molar-refractivity contribution in [1.29, 1.82) is 0 Å². The molecule has 0 aliphatic rings. The van der Waals surface area contributed by atoms with Crippen molar-refractivity contribution in [3.05, 3.63) is 108 Å². The number of hydrogen-bond donors (Lipinski definition) is 1. The first-order chi connectivity index (χ1) is 13.8. The Balaban J connectivity index is 1.52. The van der Waals surface area contributed by atoms with Gasteiger partial charge in [-0.1, -0.05) is 72.8 Å². The minimum Gasteiger partial charge on any atom is -0.345 e. The fraction of sp³-hybridized carbons (Fsp3) is 0.0833. The van der Waals surface area contributed by atoms with Crippen LogP contribution in [0.5, 0.6) is 0 Å². The van der Waals surface area contributed by atoms with E-state index < -0.39 is 0 Å². The molecule has 4 heteroatoms. The highest BCUT2D eigenvalue weighted by Crippen LogP contribution is 2.18. The van der Waals surface area contributed by atoms with Crippen LogP contribution < -0.4 is 5.32 Å². The minimum absolute atomic E-state index is 0.137. The Bertz CT molecular complexity index is 1100. The van der Waals surface area contributed by atoms with Gasteiger partial charge in [0, 0.05) is 12.6 Å². The van der Waals surface area contributed by atoms with Gasteiger partial charge in [0.15, 0.2) is 0 Å². The molecular weight excluding hydrogens is 346 g/mol. The number of para-hydroxylation sites is 2. The number of hydrogen-bond acceptors (Lipinski definition) is 2. The quantitative estimate of drug-likeness (QED) is 0.513. The Morgan fingerprint density at radius 2 is 1.57 bits per heavy atom. The summed E-state index contributed by atoms with van der Waals surface area (Å²) in [6, 6.07) is 28.1. The van der Waals surface area contributed by atoms with E-state index in [0.29, 0.717) is 13.1 Å². The second-order valence-corrected chi connectivity index (χ2v) is 6.55. The summed E-state index contributed by atoms with van der Waals surface area (Å²) in [4.78, 5) is 17.0. The summed E-state index contributed by atoms with van der Waals surface area (Å²) in [6.45, 7) is 1.09. The number of rotatable bonds is 6. The molecule has 0 radical (unpaired) electrons. The largest absolute Gasteiger partial charge is 0.345 e. The van der Waals surface area contributed by atoms with Crippen LogP contribution in [0.4, 0.5) is 0 Å². The normalized spacial score (nSPS) is 11.1. The molecule has 4 rings (SSSR count). The number of benzene rings is 3. The first kappa shape index (κ1) is 17.7. The Morgan fingerprint density at radius 3 is 2.36 bits per heavy atom. The van der Waals surface area contributed by atoms with E-state index >= 15 is 0 Å². The highest BCUT2D eigenvalue weighted by atomic mass is 16.1. The number of imidazole rings is 1. The molecule has 0 bridgehead atoms. The van der Waals surface area contributed by atoms with Crippen LogP contribution in [0.2, 0.25) is 0 Å². The summed E-state index contributed by atoms with van der Waals surface area (Å²) >= 11 is 0. The van der Waals surface area contributed by atoms with Crippen LogP contribution in [0.15, 0.2) is 91.0 Å². The van der Waals surface area contributed by atoms with Gasteiger partial charge < -0.3 is 9.88 Å². The van der Waals surface area contributed by atoms with Crippen molar-refractivity contribution in [3.8, 4) is 0 Å². The number of amides is 1. The van der Waals surface area contributed by atoms with E-state index in [4.69, 9.17) is 4.98 Å². The molecule has 3 aromatic carbocycles. The third-order valence-electron chi connectivity index (χ3n) is 4.56. The van der Waals surface area contributed by atoms with Gasteiger partial charge in [-0.25, -0.2) is 4.98 Å². The number of carbonyl (C=O) groups is 1. The van der Waals surface area contributed by atoms with Gasteiger partial charge in [0.2, 0.25) is 5.91 Å². The average molecular weight is 367 g/mol. The smallest absolute Gasteiger partial charge is 0.244 e. The van der Waals surface area contributed by atoms with Crippen LogP contribution in [0.25, 0.3) is 17.1 Å². The minimum atomic E-state index is -0.137. The van der Waals surface area contributed by atoms with Crippen molar-refractivity contribution < 1.29 is 4.79 Å². The Hall–Kier alpha value is -3.66. The van der Waals surface area contributed by atoms with Crippen molar-refractivity contribution in [2.24, 2.45) is 0 Å². The molecular formula is C24H21N3O. The first-order valence-electron chi connectivity index (χ1n) is 9.28. The number of nitrogens with zero attached hydrogens (tertiary/aromatic N) is 2. The predicted octanol–water partition coefficient (Wildman–Crippen LogP) is 4.41.